The van der Waals surface area contributed by atoms with Gasteiger partial charge in [-0.25, -0.2) is 9.78 Å². The van der Waals surface area contributed by atoms with Crippen molar-refractivity contribution in [2.24, 2.45) is 0 Å². The Kier molecular flexibility index (Phi) is 4.82. The maximum atomic E-state index is 13.0. The zero-order chi connectivity index (χ0) is 20.6. The van der Waals surface area contributed by atoms with Gasteiger partial charge in [0.05, 0.1) is 0 Å². The minimum absolute atomic E-state index is 0.0173. The van der Waals surface area contributed by atoms with Crippen molar-refractivity contribution in [2.45, 2.75) is 31.8 Å². The Bertz CT molecular complexity index is 934. The first-order valence-electron chi connectivity index (χ1n) is 9.78. The van der Waals surface area contributed by atoms with Crippen LogP contribution in [-0.4, -0.2) is 58.2 Å². The van der Waals surface area contributed by atoms with Gasteiger partial charge in [-0.1, -0.05) is 30.3 Å². The Morgan fingerprint density at radius 2 is 1.76 bits per heavy atom. The fourth-order valence-electron chi connectivity index (χ4n) is 4.23. The third kappa shape index (κ3) is 3.26. The standard InChI is InChI=1S/C22H24N4O3/c1-16(27)18-8-9-19(23-14-18)25-12-10-22(11-13-25)20(28)24(2)21(29)26(22)15-17-6-4-3-5-7-17/h3-9,14H,10-13,15H2,1-2H3. The van der Waals surface area contributed by atoms with E-state index in [1.165, 1.54) is 11.8 Å². The molecule has 3 heterocycles. The van der Waals surface area contributed by atoms with Crippen LogP contribution in [0.3, 0.4) is 0 Å². The number of ketones is 1. The summed E-state index contributed by atoms with van der Waals surface area (Å²) in [5.41, 5.74) is 0.777. The van der Waals surface area contributed by atoms with Crippen molar-refractivity contribution >= 4 is 23.5 Å². The van der Waals surface area contributed by atoms with E-state index in [4.69, 9.17) is 0 Å². The van der Waals surface area contributed by atoms with E-state index >= 15 is 0 Å². The molecule has 2 aliphatic rings. The van der Waals surface area contributed by atoms with E-state index in [0.29, 0.717) is 38.0 Å². The maximum Gasteiger partial charge on any atom is 0.327 e. The summed E-state index contributed by atoms with van der Waals surface area (Å²) >= 11 is 0. The highest BCUT2D eigenvalue weighted by Gasteiger charge is 2.56. The normalized spacial score (nSPS) is 18.6. The molecule has 1 aromatic carbocycles. The lowest BCUT2D eigenvalue weighted by Crippen LogP contribution is -2.56. The van der Waals surface area contributed by atoms with Crippen LogP contribution in [0.2, 0.25) is 0 Å². The second kappa shape index (κ2) is 7.31. The number of pyridine rings is 1. The molecule has 3 amide bonds. The van der Waals surface area contributed by atoms with Crippen LogP contribution in [0.25, 0.3) is 0 Å². The van der Waals surface area contributed by atoms with Crippen molar-refractivity contribution in [1.82, 2.24) is 14.8 Å². The van der Waals surface area contributed by atoms with Gasteiger partial charge in [0.25, 0.3) is 5.91 Å². The van der Waals surface area contributed by atoms with Crippen molar-refractivity contribution in [3.8, 4) is 0 Å². The van der Waals surface area contributed by atoms with Gasteiger partial charge in [-0.05, 0) is 37.5 Å². The first-order valence-corrected chi connectivity index (χ1v) is 9.78. The summed E-state index contributed by atoms with van der Waals surface area (Å²) in [5, 5.41) is 0. The number of anilines is 1. The molecule has 0 radical (unpaired) electrons. The molecule has 0 bridgehead atoms. The van der Waals surface area contributed by atoms with Crippen molar-refractivity contribution in [1.29, 1.82) is 0 Å². The molecule has 2 fully saturated rings. The lowest BCUT2D eigenvalue weighted by molar-refractivity contribution is -0.133. The van der Waals surface area contributed by atoms with Crippen LogP contribution >= 0.6 is 0 Å². The predicted molar refractivity (Wildman–Crippen MR) is 109 cm³/mol. The molecule has 4 rings (SSSR count). The topological polar surface area (TPSA) is 73.8 Å². The van der Waals surface area contributed by atoms with Crippen molar-refractivity contribution < 1.29 is 14.4 Å². The number of hydrogen-bond donors (Lipinski definition) is 0. The number of piperidine rings is 1. The lowest BCUT2D eigenvalue weighted by atomic mass is 9.85. The number of rotatable bonds is 4. The second-order valence-electron chi connectivity index (χ2n) is 7.70. The minimum Gasteiger partial charge on any atom is -0.356 e. The molecule has 2 aliphatic heterocycles. The molecule has 1 aromatic heterocycles. The number of carbonyl (C=O) groups is 3. The molecule has 2 aromatic rings. The van der Waals surface area contributed by atoms with E-state index < -0.39 is 5.54 Å². The van der Waals surface area contributed by atoms with Crippen LogP contribution in [0.4, 0.5) is 10.6 Å². The van der Waals surface area contributed by atoms with Gasteiger partial charge in [0.2, 0.25) is 0 Å². The number of hydrogen-bond acceptors (Lipinski definition) is 5. The van der Waals surface area contributed by atoms with Gasteiger partial charge in [-0.2, -0.15) is 0 Å². The summed E-state index contributed by atoms with van der Waals surface area (Å²) in [7, 11) is 1.56. The SMILES string of the molecule is CC(=O)c1ccc(N2CCC3(CC2)C(=O)N(C)C(=O)N3Cc2ccccc2)nc1. The molecule has 0 N–H and O–H groups in total. The number of likely N-dealkylation sites (N-methyl/N-ethyl adjacent to an activating group) is 1. The molecule has 29 heavy (non-hydrogen) atoms. The number of urea groups is 1. The molecular formula is C22H24N4O3. The van der Waals surface area contributed by atoms with E-state index in [1.54, 1.807) is 24.2 Å². The number of aromatic nitrogens is 1. The number of imide groups is 1. The van der Waals surface area contributed by atoms with E-state index in [1.807, 2.05) is 36.4 Å². The Morgan fingerprint density at radius 1 is 1.07 bits per heavy atom. The number of nitrogens with zero attached hydrogens (tertiary/aromatic N) is 4. The summed E-state index contributed by atoms with van der Waals surface area (Å²) in [4.78, 5) is 46.8. The Labute approximate surface area is 169 Å². The second-order valence-corrected chi connectivity index (χ2v) is 7.70. The molecule has 0 atom stereocenters. The summed E-state index contributed by atoms with van der Waals surface area (Å²) < 4.78 is 0. The zero-order valence-electron chi connectivity index (χ0n) is 16.7. The lowest BCUT2D eigenvalue weighted by Gasteiger charge is -2.42. The van der Waals surface area contributed by atoms with E-state index in [-0.39, 0.29) is 17.7 Å². The quantitative estimate of drug-likeness (QED) is 0.591. The van der Waals surface area contributed by atoms with Crippen molar-refractivity contribution in [3.63, 3.8) is 0 Å². The number of amides is 3. The van der Waals surface area contributed by atoms with Crippen LogP contribution in [0.15, 0.2) is 48.7 Å². The molecule has 7 nitrogen and oxygen atoms in total. The van der Waals surface area contributed by atoms with E-state index in [2.05, 4.69) is 9.88 Å². The highest BCUT2D eigenvalue weighted by atomic mass is 16.2. The number of benzene rings is 1. The van der Waals surface area contributed by atoms with Crippen LogP contribution in [-0.2, 0) is 11.3 Å². The van der Waals surface area contributed by atoms with Crippen LogP contribution in [0.5, 0.6) is 0 Å². The fraction of sp³-hybridized carbons (Fsp3) is 0.364. The Hall–Kier alpha value is -3.22. The van der Waals surface area contributed by atoms with Gasteiger partial charge in [0.1, 0.15) is 11.4 Å². The largest absolute Gasteiger partial charge is 0.356 e. The van der Waals surface area contributed by atoms with Crippen LogP contribution in [0, 0.1) is 0 Å². The molecule has 7 heteroatoms. The third-order valence-electron chi connectivity index (χ3n) is 5.99. The fourth-order valence-corrected chi connectivity index (χ4v) is 4.23. The molecule has 150 valence electrons. The van der Waals surface area contributed by atoms with Gasteiger partial charge in [0, 0.05) is 38.4 Å². The summed E-state index contributed by atoms with van der Waals surface area (Å²) in [6.07, 6.45) is 2.68. The van der Waals surface area contributed by atoms with Crippen molar-refractivity contribution in [3.05, 3.63) is 59.8 Å². The Balaban J connectivity index is 1.54. The first kappa shape index (κ1) is 19.1. The molecule has 0 aliphatic carbocycles. The monoisotopic (exact) mass is 392 g/mol. The first-order chi connectivity index (χ1) is 13.9. The van der Waals surface area contributed by atoms with E-state index in [9.17, 15) is 14.4 Å². The number of Topliss-reactive ketones (excluding diaryl/α,β-unsaturated/α-hetero) is 1. The van der Waals surface area contributed by atoms with Gasteiger partial charge >= 0.3 is 6.03 Å². The molecule has 0 unspecified atom stereocenters. The van der Waals surface area contributed by atoms with Gasteiger partial charge in [0.15, 0.2) is 5.78 Å². The highest BCUT2D eigenvalue weighted by molar-refractivity contribution is 6.06. The number of carbonyl (C=O) groups excluding carboxylic acids is 3. The van der Waals surface area contributed by atoms with Crippen LogP contribution < -0.4 is 4.90 Å². The van der Waals surface area contributed by atoms with Gasteiger partial charge in [-0.15, -0.1) is 0 Å². The maximum absolute atomic E-state index is 13.0. The predicted octanol–water partition coefficient (Wildman–Crippen LogP) is 2.72. The molecule has 2 saturated heterocycles. The third-order valence-corrected chi connectivity index (χ3v) is 5.99. The van der Waals surface area contributed by atoms with Crippen molar-refractivity contribution in [2.75, 3.05) is 25.0 Å². The molecular weight excluding hydrogens is 368 g/mol. The minimum atomic E-state index is -0.808. The zero-order valence-corrected chi connectivity index (χ0v) is 16.7. The molecule has 0 saturated carbocycles. The highest BCUT2D eigenvalue weighted by Crippen LogP contribution is 2.38. The summed E-state index contributed by atoms with van der Waals surface area (Å²) in [6, 6.07) is 13.1. The van der Waals surface area contributed by atoms with Crippen LogP contribution in [0.1, 0.15) is 35.7 Å². The Morgan fingerprint density at radius 3 is 2.34 bits per heavy atom. The smallest absolute Gasteiger partial charge is 0.327 e. The molecule has 1 spiro atoms. The van der Waals surface area contributed by atoms with E-state index in [0.717, 1.165) is 11.4 Å². The average Bonchev–Trinajstić information content (AvgIpc) is 2.91. The van der Waals surface area contributed by atoms with Gasteiger partial charge in [-0.3, -0.25) is 14.5 Å². The average molecular weight is 392 g/mol. The van der Waals surface area contributed by atoms with Gasteiger partial charge < -0.3 is 9.80 Å². The summed E-state index contributed by atoms with van der Waals surface area (Å²) in [6.45, 7) is 3.17. The summed E-state index contributed by atoms with van der Waals surface area (Å²) in [5.74, 6) is 0.638.